The van der Waals surface area contributed by atoms with Gasteiger partial charge in [0.15, 0.2) is 5.75 Å². The van der Waals surface area contributed by atoms with Gasteiger partial charge in [0.1, 0.15) is 0 Å². The van der Waals surface area contributed by atoms with Gasteiger partial charge in [0, 0.05) is 5.56 Å². The minimum Gasteiger partial charge on any atom is -0.481 e. The van der Waals surface area contributed by atoms with Gasteiger partial charge in [-0.2, -0.15) is 5.90 Å². The highest BCUT2D eigenvalue weighted by Crippen LogP contribution is 2.27. The largest absolute Gasteiger partial charge is 0.481 e. The van der Waals surface area contributed by atoms with Gasteiger partial charge in [0.05, 0.1) is 19.3 Å². The Morgan fingerprint density at radius 1 is 0.900 bits per heavy atom. The summed E-state index contributed by atoms with van der Waals surface area (Å²) in [6.07, 6.45) is -1.44. The summed E-state index contributed by atoms with van der Waals surface area (Å²) in [4.78, 5) is 37.0. The first-order valence-corrected chi connectivity index (χ1v) is 5.51. The van der Waals surface area contributed by atoms with E-state index in [-0.39, 0.29) is 22.4 Å². The van der Waals surface area contributed by atoms with Crippen LogP contribution in [0.3, 0.4) is 0 Å². The fourth-order valence-corrected chi connectivity index (χ4v) is 1.88. The fourth-order valence-electron chi connectivity index (χ4n) is 1.88. The smallest absolute Gasteiger partial charge is 0.307 e. The lowest BCUT2D eigenvalue weighted by Gasteiger charge is -2.14. The summed E-state index contributed by atoms with van der Waals surface area (Å²) in [5.74, 6) is 1.46. The number of carbonyl (C=O) groups is 3. The Kier molecular flexibility index (Phi) is 5.04. The number of nitrogens with two attached hydrogens (primary N) is 1. The van der Waals surface area contributed by atoms with Gasteiger partial charge in [-0.1, -0.05) is 6.07 Å². The normalized spacial score (nSPS) is 10.1. The number of carboxylic acids is 3. The highest BCUT2D eigenvalue weighted by molar-refractivity contribution is 5.78. The van der Waals surface area contributed by atoms with Crippen LogP contribution in [-0.2, 0) is 33.6 Å². The number of benzene rings is 1. The van der Waals surface area contributed by atoms with Crippen LogP contribution in [0.2, 0.25) is 0 Å². The summed E-state index contributed by atoms with van der Waals surface area (Å²) < 4.78 is 0. The molecule has 0 bridgehead atoms. The molecule has 0 unspecified atom stereocenters. The molecule has 5 N–H and O–H groups in total. The summed E-state index contributed by atoms with van der Waals surface area (Å²) in [6.45, 7) is 0. The van der Waals surface area contributed by atoms with Crippen molar-refractivity contribution < 1.29 is 34.5 Å². The quantitative estimate of drug-likeness (QED) is 0.504. The van der Waals surface area contributed by atoms with E-state index in [1.54, 1.807) is 0 Å². The molecule has 0 aliphatic heterocycles. The molecule has 1 aromatic rings. The van der Waals surface area contributed by atoms with E-state index in [0.717, 1.165) is 0 Å². The van der Waals surface area contributed by atoms with Crippen molar-refractivity contribution in [2.45, 2.75) is 19.3 Å². The molecule has 0 saturated carbocycles. The van der Waals surface area contributed by atoms with Crippen molar-refractivity contribution in [3.8, 4) is 5.75 Å². The van der Waals surface area contributed by atoms with E-state index in [1.165, 1.54) is 12.1 Å². The fraction of sp³-hybridized carbons (Fsp3) is 0.250. The number of carboxylic acid groups (broad SMARTS) is 3. The van der Waals surface area contributed by atoms with E-state index >= 15 is 0 Å². The molecule has 0 atom stereocenters. The van der Waals surface area contributed by atoms with Gasteiger partial charge in [-0.15, -0.1) is 0 Å². The predicted octanol–water partition coefficient (Wildman–Crippen LogP) is -0.180. The van der Waals surface area contributed by atoms with Crippen LogP contribution in [0, 0.1) is 0 Å². The van der Waals surface area contributed by atoms with Crippen molar-refractivity contribution in [2.75, 3.05) is 0 Å². The van der Waals surface area contributed by atoms with Gasteiger partial charge in [-0.05, 0) is 17.2 Å². The molecular formula is C12H13NO7. The second-order valence-electron chi connectivity index (χ2n) is 4.01. The lowest BCUT2D eigenvalue weighted by atomic mass is 9.93. The number of hydrogen-bond acceptors (Lipinski definition) is 5. The molecule has 0 saturated heterocycles. The van der Waals surface area contributed by atoms with E-state index in [9.17, 15) is 14.4 Å². The highest BCUT2D eigenvalue weighted by atomic mass is 16.6. The van der Waals surface area contributed by atoms with Crippen LogP contribution in [0.1, 0.15) is 16.7 Å². The van der Waals surface area contributed by atoms with Crippen molar-refractivity contribution in [2.24, 2.45) is 5.90 Å². The highest BCUT2D eigenvalue weighted by Gasteiger charge is 2.20. The van der Waals surface area contributed by atoms with Crippen molar-refractivity contribution >= 4 is 17.9 Å². The first-order chi connectivity index (χ1) is 9.35. The van der Waals surface area contributed by atoms with E-state index < -0.39 is 37.2 Å². The second-order valence-corrected chi connectivity index (χ2v) is 4.01. The second kappa shape index (κ2) is 6.53. The molecule has 0 spiro atoms. The summed E-state index contributed by atoms with van der Waals surface area (Å²) in [7, 11) is 0. The van der Waals surface area contributed by atoms with Crippen LogP contribution in [0.25, 0.3) is 0 Å². The SMILES string of the molecule is NOc1ccc(CC(=O)O)c(CC(=O)O)c1CC(=O)O. The summed E-state index contributed by atoms with van der Waals surface area (Å²) >= 11 is 0. The summed E-state index contributed by atoms with van der Waals surface area (Å²) in [5.41, 5.74) is 0.392. The van der Waals surface area contributed by atoms with Gasteiger partial charge < -0.3 is 20.2 Å². The summed E-state index contributed by atoms with van der Waals surface area (Å²) in [5, 5.41) is 26.5. The average Bonchev–Trinajstić information content (AvgIpc) is 2.31. The minimum atomic E-state index is -1.21. The van der Waals surface area contributed by atoms with Crippen LogP contribution in [0.4, 0.5) is 0 Å². The molecule has 1 rings (SSSR count). The van der Waals surface area contributed by atoms with Gasteiger partial charge in [-0.3, -0.25) is 14.4 Å². The standard InChI is InChI=1S/C12H13NO7/c13-20-9-2-1-6(3-10(14)15)7(4-11(16)17)8(9)5-12(18)19/h1-2H,3-5,13H2,(H,14,15)(H,16,17)(H,18,19). The lowest BCUT2D eigenvalue weighted by Crippen LogP contribution is -2.16. The van der Waals surface area contributed by atoms with E-state index in [1.807, 2.05) is 0 Å². The topological polar surface area (TPSA) is 147 Å². The molecule has 0 aliphatic carbocycles. The zero-order chi connectivity index (χ0) is 15.3. The first kappa shape index (κ1) is 15.4. The molecular weight excluding hydrogens is 270 g/mol. The number of hydrogen-bond donors (Lipinski definition) is 4. The number of rotatable bonds is 7. The maximum Gasteiger partial charge on any atom is 0.307 e. The molecule has 0 fully saturated rings. The molecule has 108 valence electrons. The molecule has 20 heavy (non-hydrogen) atoms. The van der Waals surface area contributed by atoms with Crippen molar-refractivity contribution in [1.29, 1.82) is 0 Å². The Bertz CT molecular complexity index is 553. The predicted molar refractivity (Wildman–Crippen MR) is 65.3 cm³/mol. The van der Waals surface area contributed by atoms with Crippen LogP contribution in [0.5, 0.6) is 5.75 Å². The molecule has 1 aromatic carbocycles. The molecule has 0 amide bonds. The zero-order valence-corrected chi connectivity index (χ0v) is 10.3. The Balaban J connectivity index is 3.41. The van der Waals surface area contributed by atoms with Gasteiger partial charge >= 0.3 is 17.9 Å². The average molecular weight is 283 g/mol. The maximum atomic E-state index is 10.9. The van der Waals surface area contributed by atoms with Crippen LogP contribution < -0.4 is 10.7 Å². The van der Waals surface area contributed by atoms with Crippen LogP contribution in [-0.4, -0.2) is 33.2 Å². The van der Waals surface area contributed by atoms with E-state index in [4.69, 9.17) is 21.2 Å². The Labute approximate surface area is 113 Å². The molecule has 0 aromatic heterocycles. The summed E-state index contributed by atoms with van der Waals surface area (Å²) in [6, 6.07) is 2.68. The van der Waals surface area contributed by atoms with Gasteiger partial charge in [-0.25, -0.2) is 0 Å². The first-order valence-electron chi connectivity index (χ1n) is 5.51. The van der Waals surface area contributed by atoms with Crippen molar-refractivity contribution in [3.05, 3.63) is 28.8 Å². The van der Waals surface area contributed by atoms with E-state index in [0.29, 0.717) is 0 Å². The Morgan fingerprint density at radius 2 is 1.40 bits per heavy atom. The van der Waals surface area contributed by atoms with Crippen LogP contribution >= 0.6 is 0 Å². The third-order valence-corrected chi connectivity index (χ3v) is 2.61. The Morgan fingerprint density at radius 3 is 1.85 bits per heavy atom. The van der Waals surface area contributed by atoms with Crippen LogP contribution in [0.15, 0.2) is 12.1 Å². The monoisotopic (exact) mass is 283 g/mol. The van der Waals surface area contributed by atoms with E-state index in [2.05, 4.69) is 4.84 Å². The lowest BCUT2D eigenvalue weighted by molar-refractivity contribution is -0.138. The molecule has 0 heterocycles. The van der Waals surface area contributed by atoms with Gasteiger partial charge in [0.2, 0.25) is 0 Å². The van der Waals surface area contributed by atoms with Gasteiger partial charge in [0.25, 0.3) is 0 Å². The molecule has 8 heteroatoms. The zero-order valence-electron chi connectivity index (χ0n) is 10.3. The third kappa shape index (κ3) is 3.95. The van der Waals surface area contributed by atoms with Crippen molar-refractivity contribution in [3.63, 3.8) is 0 Å². The minimum absolute atomic E-state index is 0.0118. The molecule has 0 radical (unpaired) electrons. The molecule has 0 aliphatic rings. The Hall–Kier alpha value is -2.61. The van der Waals surface area contributed by atoms with Crippen molar-refractivity contribution in [1.82, 2.24) is 0 Å². The third-order valence-electron chi connectivity index (χ3n) is 2.61. The molecule has 8 nitrogen and oxygen atoms in total. The number of aliphatic carboxylic acids is 3. The maximum absolute atomic E-state index is 10.9.